The smallest absolute Gasteiger partial charge is 0.311 e. The van der Waals surface area contributed by atoms with Gasteiger partial charge in [0.25, 0.3) is 5.91 Å². The second-order valence-corrected chi connectivity index (χ2v) is 5.41. The summed E-state index contributed by atoms with van der Waals surface area (Å²) in [5, 5.41) is 2.26. The van der Waals surface area contributed by atoms with Crippen LogP contribution in [0.15, 0.2) is 42.5 Å². The minimum Gasteiger partial charge on any atom is -0.452 e. The van der Waals surface area contributed by atoms with Crippen LogP contribution in [0, 0.1) is 18.6 Å². The SMILES string of the molecule is Cc1ccc(CC(=O)O[C@H](C)C(=O)Nc2ccc(F)cc2F)cc1. The van der Waals surface area contributed by atoms with Gasteiger partial charge in [0.1, 0.15) is 11.6 Å². The highest BCUT2D eigenvalue weighted by Crippen LogP contribution is 2.15. The van der Waals surface area contributed by atoms with Gasteiger partial charge in [0, 0.05) is 6.07 Å². The van der Waals surface area contributed by atoms with E-state index in [0.29, 0.717) is 6.07 Å². The third-order valence-electron chi connectivity index (χ3n) is 3.34. The van der Waals surface area contributed by atoms with Gasteiger partial charge in [-0.3, -0.25) is 9.59 Å². The van der Waals surface area contributed by atoms with Crippen molar-refractivity contribution >= 4 is 17.6 Å². The minimum atomic E-state index is -1.10. The fourth-order valence-electron chi connectivity index (χ4n) is 1.99. The van der Waals surface area contributed by atoms with Crippen molar-refractivity contribution in [2.45, 2.75) is 26.4 Å². The van der Waals surface area contributed by atoms with Crippen LogP contribution in [0.5, 0.6) is 0 Å². The summed E-state index contributed by atoms with van der Waals surface area (Å²) in [7, 11) is 0. The first-order valence-electron chi connectivity index (χ1n) is 7.36. The van der Waals surface area contributed by atoms with Crippen LogP contribution in [0.3, 0.4) is 0 Å². The van der Waals surface area contributed by atoms with E-state index in [-0.39, 0.29) is 12.1 Å². The lowest BCUT2D eigenvalue weighted by Crippen LogP contribution is -2.30. The Bertz CT molecular complexity index is 744. The van der Waals surface area contributed by atoms with E-state index in [1.807, 2.05) is 19.1 Å². The number of hydrogen-bond acceptors (Lipinski definition) is 3. The van der Waals surface area contributed by atoms with E-state index >= 15 is 0 Å². The van der Waals surface area contributed by atoms with Crippen molar-refractivity contribution in [3.8, 4) is 0 Å². The lowest BCUT2D eigenvalue weighted by molar-refractivity contribution is -0.152. The van der Waals surface area contributed by atoms with Crippen LogP contribution < -0.4 is 5.32 Å². The molecule has 0 heterocycles. The number of carbonyl (C=O) groups excluding carboxylic acids is 2. The third-order valence-corrected chi connectivity index (χ3v) is 3.34. The number of hydrogen-bond donors (Lipinski definition) is 1. The molecule has 6 heteroatoms. The van der Waals surface area contributed by atoms with Crippen LogP contribution in [-0.2, 0) is 20.7 Å². The molecule has 0 aliphatic carbocycles. The fourth-order valence-corrected chi connectivity index (χ4v) is 1.99. The maximum atomic E-state index is 13.5. The summed E-state index contributed by atoms with van der Waals surface area (Å²) in [5.74, 6) is -2.91. The van der Waals surface area contributed by atoms with Crippen molar-refractivity contribution in [3.05, 3.63) is 65.2 Å². The largest absolute Gasteiger partial charge is 0.452 e. The van der Waals surface area contributed by atoms with Crippen LogP contribution >= 0.6 is 0 Å². The first kappa shape index (κ1) is 17.6. The second-order valence-electron chi connectivity index (χ2n) is 5.41. The maximum absolute atomic E-state index is 13.5. The van der Waals surface area contributed by atoms with Gasteiger partial charge in [0.15, 0.2) is 6.10 Å². The highest BCUT2D eigenvalue weighted by molar-refractivity contribution is 5.95. The molecule has 2 rings (SSSR count). The fraction of sp³-hybridized carbons (Fsp3) is 0.222. The molecule has 0 aliphatic heterocycles. The number of rotatable bonds is 5. The lowest BCUT2D eigenvalue weighted by atomic mass is 10.1. The zero-order valence-corrected chi connectivity index (χ0v) is 13.3. The number of aryl methyl sites for hydroxylation is 1. The highest BCUT2D eigenvalue weighted by atomic mass is 19.1. The molecule has 126 valence electrons. The van der Waals surface area contributed by atoms with E-state index in [0.717, 1.165) is 23.3 Å². The average Bonchev–Trinajstić information content (AvgIpc) is 2.52. The molecule has 1 atom stereocenters. The van der Waals surface area contributed by atoms with Gasteiger partial charge in [0.2, 0.25) is 0 Å². The van der Waals surface area contributed by atoms with Crippen LogP contribution in [0.1, 0.15) is 18.1 Å². The van der Waals surface area contributed by atoms with Crippen LogP contribution in [0.25, 0.3) is 0 Å². The Morgan fingerprint density at radius 3 is 2.42 bits per heavy atom. The monoisotopic (exact) mass is 333 g/mol. The minimum absolute atomic E-state index is 0.0306. The van der Waals surface area contributed by atoms with E-state index in [1.165, 1.54) is 6.92 Å². The number of ether oxygens (including phenoxy) is 1. The molecule has 2 aromatic carbocycles. The van der Waals surface area contributed by atoms with E-state index < -0.39 is 29.6 Å². The van der Waals surface area contributed by atoms with Crippen molar-refractivity contribution < 1.29 is 23.1 Å². The summed E-state index contributed by atoms with van der Waals surface area (Å²) in [6.07, 6.45) is -1.07. The Balaban J connectivity index is 1.90. The predicted octanol–water partition coefficient (Wildman–Crippen LogP) is 3.39. The van der Waals surface area contributed by atoms with Crippen molar-refractivity contribution in [2.75, 3.05) is 5.32 Å². The topological polar surface area (TPSA) is 55.4 Å². The Kier molecular flexibility index (Phi) is 5.63. The number of halogens is 2. The highest BCUT2D eigenvalue weighted by Gasteiger charge is 2.19. The molecule has 2 aromatic rings. The summed E-state index contributed by atoms with van der Waals surface area (Å²) in [6.45, 7) is 3.31. The molecule has 0 spiro atoms. The summed E-state index contributed by atoms with van der Waals surface area (Å²) in [6, 6.07) is 10.1. The molecule has 1 N–H and O–H groups in total. The van der Waals surface area contributed by atoms with Gasteiger partial charge in [-0.25, -0.2) is 8.78 Å². The van der Waals surface area contributed by atoms with E-state index in [1.54, 1.807) is 12.1 Å². The molecule has 0 saturated heterocycles. The van der Waals surface area contributed by atoms with Gasteiger partial charge in [-0.2, -0.15) is 0 Å². The van der Waals surface area contributed by atoms with E-state index in [9.17, 15) is 18.4 Å². The first-order valence-corrected chi connectivity index (χ1v) is 7.36. The molecule has 24 heavy (non-hydrogen) atoms. The number of esters is 1. The van der Waals surface area contributed by atoms with E-state index in [4.69, 9.17) is 4.74 Å². The Labute approximate surface area is 138 Å². The van der Waals surface area contributed by atoms with Crippen LogP contribution in [-0.4, -0.2) is 18.0 Å². The Morgan fingerprint density at radius 1 is 1.12 bits per heavy atom. The molecule has 0 aromatic heterocycles. The predicted molar refractivity (Wildman–Crippen MR) is 85.4 cm³/mol. The maximum Gasteiger partial charge on any atom is 0.311 e. The third kappa shape index (κ3) is 4.87. The van der Waals surface area contributed by atoms with Crippen molar-refractivity contribution in [2.24, 2.45) is 0 Å². The molecule has 1 amide bonds. The standard InChI is InChI=1S/C18H17F2NO3/c1-11-3-5-13(6-4-11)9-17(22)24-12(2)18(23)21-16-8-7-14(19)10-15(16)20/h3-8,10,12H,9H2,1-2H3,(H,21,23)/t12-/m1/s1. The molecule has 0 unspecified atom stereocenters. The molecule has 0 bridgehead atoms. The van der Waals surface area contributed by atoms with Gasteiger partial charge in [-0.1, -0.05) is 29.8 Å². The van der Waals surface area contributed by atoms with Crippen molar-refractivity contribution in [1.82, 2.24) is 0 Å². The van der Waals surface area contributed by atoms with Gasteiger partial charge < -0.3 is 10.1 Å². The van der Waals surface area contributed by atoms with Gasteiger partial charge >= 0.3 is 5.97 Å². The lowest BCUT2D eigenvalue weighted by Gasteiger charge is -2.14. The first-order chi connectivity index (χ1) is 11.3. The normalized spacial score (nSPS) is 11.7. The zero-order valence-electron chi connectivity index (χ0n) is 13.3. The van der Waals surface area contributed by atoms with Crippen molar-refractivity contribution in [1.29, 1.82) is 0 Å². The van der Waals surface area contributed by atoms with Gasteiger partial charge in [-0.15, -0.1) is 0 Å². The van der Waals surface area contributed by atoms with Crippen LogP contribution in [0.2, 0.25) is 0 Å². The summed E-state index contributed by atoms with van der Waals surface area (Å²) in [4.78, 5) is 23.8. The van der Waals surface area contributed by atoms with Gasteiger partial charge in [0.05, 0.1) is 12.1 Å². The Morgan fingerprint density at radius 2 is 1.79 bits per heavy atom. The molecule has 0 radical (unpaired) electrons. The molecule has 0 fully saturated rings. The zero-order chi connectivity index (χ0) is 17.7. The molecule has 0 saturated carbocycles. The number of amides is 1. The van der Waals surface area contributed by atoms with Gasteiger partial charge in [-0.05, 0) is 31.5 Å². The number of nitrogens with one attached hydrogen (secondary N) is 1. The molecule has 0 aliphatic rings. The summed E-state index contributed by atoms with van der Waals surface area (Å²) >= 11 is 0. The number of anilines is 1. The average molecular weight is 333 g/mol. The Hall–Kier alpha value is -2.76. The number of carbonyl (C=O) groups is 2. The van der Waals surface area contributed by atoms with E-state index in [2.05, 4.69) is 5.32 Å². The molecular weight excluding hydrogens is 316 g/mol. The number of benzene rings is 2. The molecular formula is C18H17F2NO3. The molecule has 4 nitrogen and oxygen atoms in total. The quantitative estimate of drug-likeness (QED) is 0.854. The summed E-state index contributed by atoms with van der Waals surface area (Å²) < 4.78 is 31.4. The summed E-state index contributed by atoms with van der Waals surface area (Å²) in [5.41, 5.74) is 1.66. The van der Waals surface area contributed by atoms with Crippen molar-refractivity contribution in [3.63, 3.8) is 0 Å². The second kappa shape index (κ2) is 7.68. The van der Waals surface area contributed by atoms with Crippen LogP contribution in [0.4, 0.5) is 14.5 Å².